The quantitative estimate of drug-likeness (QED) is 0.842. The number of carbonyl (C=O) groups is 2. The summed E-state index contributed by atoms with van der Waals surface area (Å²) in [5.41, 5.74) is 1.33. The minimum Gasteiger partial charge on any atom is -0.347 e. The largest absolute Gasteiger partial charge is 0.347 e. The second kappa shape index (κ2) is 6.06. The van der Waals surface area contributed by atoms with Gasteiger partial charge in [0.15, 0.2) is 5.79 Å². The monoisotopic (exact) mass is 348 g/mol. The highest BCUT2D eigenvalue weighted by Gasteiger charge is 2.41. The van der Waals surface area contributed by atoms with Gasteiger partial charge in [0.1, 0.15) is 0 Å². The zero-order chi connectivity index (χ0) is 16.7. The van der Waals surface area contributed by atoms with Gasteiger partial charge in [-0.3, -0.25) is 9.59 Å². The number of amides is 2. The van der Waals surface area contributed by atoms with Crippen LogP contribution < -0.4 is 5.32 Å². The lowest BCUT2D eigenvalue weighted by Gasteiger charge is -2.37. The number of hydrogen-bond acceptors (Lipinski definition) is 5. The second-order valence-electron chi connectivity index (χ2n) is 6.36. The molecule has 2 fully saturated rings. The minimum atomic E-state index is -0.479. The molecule has 1 unspecified atom stereocenters. The summed E-state index contributed by atoms with van der Waals surface area (Å²) < 4.78 is 11.4. The van der Waals surface area contributed by atoms with Crippen molar-refractivity contribution in [2.45, 2.75) is 35.7 Å². The van der Waals surface area contributed by atoms with E-state index < -0.39 is 5.79 Å². The highest BCUT2D eigenvalue weighted by molar-refractivity contribution is 8.00. The van der Waals surface area contributed by atoms with Gasteiger partial charge < -0.3 is 19.7 Å². The van der Waals surface area contributed by atoms with Crippen LogP contribution in [0.15, 0.2) is 23.1 Å². The van der Waals surface area contributed by atoms with Crippen LogP contribution in [0.25, 0.3) is 0 Å². The van der Waals surface area contributed by atoms with Crippen LogP contribution in [0, 0.1) is 0 Å². The Balaban J connectivity index is 1.47. The Kier molecular flexibility index (Phi) is 4.02. The third-order valence-electron chi connectivity index (χ3n) is 4.78. The number of nitrogens with zero attached hydrogens (tertiary/aromatic N) is 1. The molecule has 1 aromatic carbocycles. The SMILES string of the molecule is CC1Sc2ccc(C(=O)N3CCC4(CC3)OCCO4)cc2NC1=O. The number of benzene rings is 1. The average molecular weight is 348 g/mol. The minimum absolute atomic E-state index is 0.0106. The van der Waals surface area contributed by atoms with Gasteiger partial charge in [-0.05, 0) is 25.1 Å². The predicted molar refractivity (Wildman–Crippen MR) is 90.2 cm³/mol. The van der Waals surface area contributed by atoms with E-state index in [4.69, 9.17) is 9.47 Å². The first-order chi connectivity index (χ1) is 11.6. The van der Waals surface area contributed by atoms with Crippen LogP contribution in [0.2, 0.25) is 0 Å². The summed E-state index contributed by atoms with van der Waals surface area (Å²) in [7, 11) is 0. The van der Waals surface area contributed by atoms with Crippen LogP contribution in [-0.2, 0) is 14.3 Å². The van der Waals surface area contributed by atoms with Crippen LogP contribution >= 0.6 is 11.8 Å². The normalized spacial score (nSPS) is 25.5. The third-order valence-corrected chi connectivity index (χ3v) is 5.96. The fourth-order valence-corrected chi connectivity index (χ4v) is 4.29. The molecule has 24 heavy (non-hydrogen) atoms. The summed E-state index contributed by atoms with van der Waals surface area (Å²) in [4.78, 5) is 27.4. The molecule has 6 nitrogen and oxygen atoms in total. The Bertz CT molecular complexity index is 677. The van der Waals surface area contributed by atoms with Gasteiger partial charge in [0.25, 0.3) is 5.91 Å². The number of hydrogen-bond donors (Lipinski definition) is 1. The van der Waals surface area contributed by atoms with Crippen molar-refractivity contribution in [3.05, 3.63) is 23.8 Å². The molecule has 3 aliphatic rings. The maximum absolute atomic E-state index is 12.8. The number of fused-ring (bicyclic) bond motifs is 1. The zero-order valence-electron chi connectivity index (χ0n) is 13.5. The Labute approximate surface area is 144 Å². The number of nitrogens with one attached hydrogen (secondary N) is 1. The summed E-state index contributed by atoms with van der Waals surface area (Å²) in [6, 6.07) is 5.53. The Morgan fingerprint density at radius 3 is 2.71 bits per heavy atom. The van der Waals surface area contributed by atoms with Crippen molar-refractivity contribution in [2.24, 2.45) is 0 Å². The molecule has 0 aromatic heterocycles. The fraction of sp³-hybridized carbons (Fsp3) is 0.529. The number of thioether (sulfide) groups is 1. The molecule has 1 N–H and O–H groups in total. The molecule has 3 heterocycles. The van der Waals surface area contributed by atoms with Crippen molar-refractivity contribution >= 4 is 29.3 Å². The van der Waals surface area contributed by atoms with Gasteiger partial charge in [0, 0.05) is 36.4 Å². The maximum Gasteiger partial charge on any atom is 0.253 e. The molecule has 3 aliphatic heterocycles. The van der Waals surface area contributed by atoms with Crippen molar-refractivity contribution in [3.63, 3.8) is 0 Å². The zero-order valence-corrected chi connectivity index (χ0v) is 14.4. The second-order valence-corrected chi connectivity index (χ2v) is 7.74. The van der Waals surface area contributed by atoms with Gasteiger partial charge in [-0.1, -0.05) is 0 Å². The molecular weight excluding hydrogens is 328 g/mol. The van der Waals surface area contributed by atoms with Gasteiger partial charge in [0.05, 0.1) is 24.2 Å². The van der Waals surface area contributed by atoms with Crippen molar-refractivity contribution in [1.82, 2.24) is 4.90 Å². The standard InChI is InChI=1S/C17H20N2O4S/c1-11-15(20)18-13-10-12(2-3-14(13)24-11)16(21)19-6-4-17(5-7-19)22-8-9-23-17/h2-3,10-11H,4-9H2,1H3,(H,18,20). The van der Waals surface area contributed by atoms with Crippen LogP contribution in [0.3, 0.4) is 0 Å². The van der Waals surface area contributed by atoms with Gasteiger partial charge in [-0.25, -0.2) is 0 Å². The summed E-state index contributed by atoms with van der Waals surface area (Å²) in [5.74, 6) is -0.510. The molecule has 1 atom stereocenters. The maximum atomic E-state index is 12.8. The molecule has 2 saturated heterocycles. The van der Waals surface area contributed by atoms with Crippen molar-refractivity contribution in [2.75, 3.05) is 31.6 Å². The summed E-state index contributed by atoms with van der Waals surface area (Å²) >= 11 is 1.52. The van der Waals surface area contributed by atoms with E-state index in [0.717, 1.165) is 10.6 Å². The lowest BCUT2D eigenvalue weighted by molar-refractivity contribution is -0.181. The molecule has 4 rings (SSSR count). The predicted octanol–water partition coefficient (Wildman–Crippen LogP) is 2.10. The van der Waals surface area contributed by atoms with Crippen LogP contribution in [-0.4, -0.2) is 54.1 Å². The Morgan fingerprint density at radius 2 is 2.00 bits per heavy atom. The smallest absolute Gasteiger partial charge is 0.253 e. The molecule has 0 saturated carbocycles. The molecule has 1 spiro atoms. The highest BCUT2D eigenvalue weighted by atomic mass is 32.2. The van der Waals surface area contributed by atoms with Crippen LogP contribution in [0.5, 0.6) is 0 Å². The van der Waals surface area contributed by atoms with Gasteiger partial charge >= 0.3 is 0 Å². The fourth-order valence-electron chi connectivity index (χ4n) is 3.36. The van der Waals surface area contributed by atoms with E-state index in [9.17, 15) is 9.59 Å². The third kappa shape index (κ3) is 2.81. The van der Waals surface area contributed by atoms with Gasteiger partial charge in [-0.15, -0.1) is 11.8 Å². The number of rotatable bonds is 1. The first kappa shape index (κ1) is 15.9. The van der Waals surface area contributed by atoms with Gasteiger partial charge in [-0.2, -0.15) is 0 Å². The summed E-state index contributed by atoms with van der Waals surface area (Å²) in [6.07, 6.45) is 1.40. The number of likely N-dealkylation sites (tertiary alicyclic amines) is 1. The molecule has 0 radical (unpaired) electrons. The number of piperidine rings is 1. The van der Waals surface area contributed by atoms with Crippen LogP contribution in [0.1, 0.15) is 30.1 Å². The Hall–Kier alpha value is -1.57. The molecule has 0 bridgehead atoms. The van der Waals surface area contributed by atoms with Crippen molar-refractivity contribution in [1.29, 1.82) is 0 Å². The molecule has 2 amide bonds. The van der Waals surface area contributed by atoms with Crippen molar-refractivity contribution in [3.8, 4) is 0 Å². The molecule has 0 aliphatic carbocycles. The average Bonchev–Trinajstić information content (AvgIpc) is 3.04. The first-order valence-electron chi connectivity index (χ1n) is 8.25. The van der Waals surface area contributed by atoms with E-state index in [2.05, 4.69) is 5.32 Å². The first-order valence-corrected chi connectivity index (χ1v) is 9.13. The number of ether oxygens (including phenoxy) is 2. The summed E-state index contributed by atoms with van der Waals surface area (Å²) in [5, 5.41) is 2.77. The number of carbonyl (C=O) groups excluding carboxylic acids is 2. The topological polar surface area (TPSA) is 67.9 Å². The van der Waals surface area contributed by atoms with Crippen molar-refractivity contribution < 1.29 is 19.1 Å². The van der Waals surface area contributed by atoms with E-state index in [1.54, 1.807) is 6.07 Å². The molecule has 7 heteroatoms. The molecule has 1 aromatic rings. The molecular formula is C17H20N2O4S. The van der Waals surface area contributed by atoms with Crippen LogP contribution in [0.4, 0.5) is 5.69 Å². The summed E-state index contributed by atoms with van der Waals surface area (Å²) in [6.45, 7) is 4.38. The lowest BCUT2D eigenvalue weighted by Crippen LogP contribution is -2.47. The van der Waals surface area contributed by atoms with E-state index in [1.807, 2.05) is 24.0 Å². The van der Waals surface area contributed by atoms with Gasteiger partial charge in [0.2, 0.25) is 5.91 Å². The number of anilines is 1. The lowest BCUT2D eigenvalue weighted by atomic mass is 10.0. The van der Waals surface area contributed by atoms with E-state index >= 15 is 0 Å². The van der Waals surface area contributed by atoms with E-state index in [-0.39, 0.29) is 17.1 Å². The molecule has 128 valence electrons. The Morgan fingerprint density at radius 1 is 1.29 bits per heavy atom. The van der Waals surface area contributed by atoms with E-state index in [0.29, 0.717) is 44.7 Å². The van der Waals surface area contributed by atoms with E-state index in [1.165, 1.54) is 11.8 Å². The highest BCUT2D eigenvalue weighted by Crippen LogP contribution is 2.37.